The summed E-state index contributed by atoms with van der Waals surface area (Å²) in [7, 11) is 0. The number of nitrogens with zero attached hydrogens (tertiary/aromatic N) is 1. The Kier molecular flexibility index (Phi) is 4.92. The predicted molar refractivity (Wildman–Crippen MR) is 93.3 cm³/mol. The van der Waals surface area contributed by atoms with Crippen LogP contribution in [0.25, 0.3) is 11.5 Å². The topological polar surface area (TPSA) is 69.4 Å². The molecule has 5 nitrogen and oxygen atoms in total. The van der Waals surface area contributed by atoms with E-state index in [2.05, 4.69) is 20.9 Å². The fourth-order valence-electron chi connectivity index (χ4n) is 2.02. The molecular weight excluding hydrogens is 394 g/mol. The SMILES string of the molecule is Cc1oc(-c2ccccc2)nc1C(=O)OCC(=O)c1ccc(Br)s1. The molecule has 1 aromatic carbocycles. The van der Waals surface area contributed by atoms with Crippen molar-refractivity contribution in [3.63, 3.8) is 0 Å². The molecule has 0 amide bonds. The molecule has 0 fully saturated rings. The Labute approximate surface area is 150 Å². The minimum Gasteiger partial charge on any atom is -0.452 e. The van der Waals surface area contributed by atoms with Crippen LogP contribution in [0.5, 0.6) is 0 Å². The number of ether oxygens (including phenoxy) is 1. The summed E-state index contributed by atoms with van der Waals surface area (Å²) in [5.74, 6) is -0.246. The van der Waals surface area contributed by atoms with E-state index < -0.39 is 5.97 Å². The molecule has 0 aliphatic heterocycles. The van der Waals surface area contributed by atoms with Crippen LogP contribution in [0.4, 0.5) is 0 Å². The van der Waals surface area contributed by atoms with Gasteiger partial charge in [0.25, 0.3) is 0 Å². The standard InChI is InChI=1S/C17H12BrNO4S/c1-10-15(19-16(23-10)11-5-3-2-4-6-11)17(21)22-9-12(20)13-7-8-14(18)24-13/h2-8H,9H2,1H3. The molecule has 0 spiro atoms. The first-order valence-corrected chi connectivity index (χ1v) is 8.64. The monoisotopic (exact) mass is 405 g/mol. The van der Waals surface area contributed by atoms with Crippen LogP contribution >= 0.6 is 27.3 Å². The molecule has 7 heteroatoms. The first-order valence-electron chi connectivity index (χ1n) is 7.03. The molecule has 0 radical (unpaired) electrons. The zero-order valence-corrected chi connectivity index (χ0v) is 15.0. The van der Waals surface area contributed by atoms with Crippen LogP contribution in [0.1, 0.15) is 25.9 Å². The average molecular weight is 406 g/mol. The van der Waals surface area contributed by atoms with Gasteiger partial charge in [-0.05, 0) is 47.1 Å². The van der Waals surface area contributed by atoms with E-state index in [4.69, 9.17) is 9.15 Å². The maximum Gasteiger partial charge on any atom is 0.361 e. The van der Waals surface area contributed by atoms with E-state index in [0.717, 1.165) is 9.35 Å². The van der Waals surface area contributed by atoms with Crippen molar-refractivity contribution in [3.05, 3.63) is 62.6 Å². The quantitative estimate of drug-likeness (QED) is 0.461. The highest BCUT2D eigenvalue weighted by molar-refractivity contribution is 9.11. The molecule has 0 aliphatic carbocycles. The highest BCUT2D eigenvalue weighted by atomic mass is 79.9. The Bertz CT molecular complexity index is 885. The van der Waals surface area contributed by atoms with Crippen molar-refractivity contribution in [1.29, 1.82) is 0 Å². The van der Waals surface area contributed by atoms with Crippen LogP contribution in [-0.4, -0.2) is 23.3 Å². The van der Waals surface area contributed by atoms with Gasteiger partial charge < -0.3 is 9.15 Å². The number of carbonyl (C=O) groups excluding carboxylic acids is 2. The van der Waals surface area contributed by atoms with E-state index in [0.29, 0.717) is 16.5 Å². The van der Waals surface area contributed by atoms with Crippen LogP contribution < -0.4 is 0 Å². The number of benzene rings is 1. The summed E-state index contributed by atoms with van der Waals surface area (Å²) >= 11 is 4.58. The molecule has 122 valence electrons. The Balaban J connectivity index is 1.69. The van der Waals surface area contributed by atoms with Crippen LogP contribution in [-0.2, 0) is 4.74 Å². The van der Waals surface area contributed by atoms with E-state index in [9.17, 15) is 9.59 Å². The van der Waals surface area contributed by atoms with Crippen molar-refractivity contribution in [2.75, 3.05) is 6.61 Å². The van der Waals surface area contributed by atoms with E-state index in [1.54, 1.807) is 19.1 Å². The number of aromatic nitrogens is 1. The molecular formula is C17H12BrNO4S. The van der Waals surface area contributed by atoms with Gasteiger partial charge in [0.1, 0.15) is 5.76 Å². The van der Waals surface area contributed by atoms with Gasteiger partial charge in [0.05, 0.1) is 8.66 Å². The summed E-state index contributed by atoms with van der Waals surface area (Å²) in [4.78, 5) is 28.8. The summed E-state index contributed by atoms with van der Waals surface area (Å²) in [5.41, 5.74) is 0.841. The lowest BCUT2D eigenvalue weighted by atomic mass is 10.2. The summed E-state index contributed by atoms with van der Waals surface area (Å²) in [6, 6.07) is 12.7. The third kappa shape index (κ3) is 3.63. The number of rotatable bonds is 5. The smallest absolute Gasteiger partial charge is 0.361 e. The van der Waals surface area contributed by atoms with Crippen molar-refractivity contribution in [2.45, 2.75) is 6.92 Å². The molecule has 2 aromatic heterocycles. The summed E-state index contributed by atoms with van der Waals surface area (Å²) in [5, 5.41) is 0. The highest BCUT2D eigenvalue weighted by Crippen LogP contribution is 2.23. The number of hydrogen-bond donors (Lipinski definition) is 0. The second-order valence-corrected chi connectivity index (χ2v) is 7.36. The van der Waals surface area contributed by atoms with E-state index in [1.165, 1.54) is 11.3 Å². The van der Waals surface area contributed by atoms with Crippen molar-refractivity contribution in [2.24, 2.45) is 0 Å². The number of halogens is 1. The first kappa shape index (κ1) is 16.6. The first-order chi connectivity index (χ1) is 11.5. The molecule has 2 heterocycles. The number of ketones is 1. The number of hydrogen-bond acceptors (Lipinski definition) is 6. The van der Waals surface area contributed by atoms with Crippen molar-refractivity contribution < 1.29 is 18.7 Å². The fraction of sp³-hybridized carbons (Fsp3) is 0.118. The molecule has 0 unspecified atom stereocenters. The second kappa shape index (κ2) is 7.11. The number of oxazole rings is 1. The normalized spacial score (nSPS) is 10.6. The van der Waals surface area contributed by atoms with Gasteiger partial charge in [0.2, 0.25) is 11.7 Å². The maximum absolute atomic E-state index is 12.1. The molecule has 0 atom stereocenters. The largest absolute Gasteiger partial charge is 0.452 e. The number of aryl methyl sites for hydroxylation is 1. The lowest BCUT2D eigenvalue weighted by Crippen LogP contribution is -2.14. The van der Waals surface area contributed by atoms with Crippen molar-refractivity contribution >= 4 is 39.0 Å². The van der Waals surface area contributed by atoms with Gasteiger partial charge in [-0.1, -0.05) is 18.2 Å². The number of esters is 1. The fourth-order valence-corrected chi connectivity index (χ4v) is 3.34. The third-order valence-electron chi connectivity index (χ3n) is 3.19. The number of thiophene rings is 1. The van der Waals surface area contributed by atoms with Crippen LogP contribution in [0.3, 0.4) is 0 Å². The van der Waals surface area contributed by atoms with Gasteiger partial charge in [-0.3, -0.25) is 4.79 Å². The van der Waals surface area contributed by atoms with Gasteiger partial charge in [0.15, 0.2) is 12.3 Å². The predicted octanol–water partition coefficient (Wildman–Crippen LogP) is 4.51. The highest BCUT2D eigenvalue weighted by Gasteiger charge is 2.21. The van der Waals surface area contributed by atoms with Gasteiger partial charge >= 0.3 is 5.97 Å². The molecule has 3 rings (SSSR count). The molecule has 0 aliphatic rings. The van der Waals surface area contributed by atoms with Crippen LogP contribution in [0, 0.1) is 6.92 Å². The average Bonchev–Trinajstić information content (AvgIpc) is 3.19. The lowest BCUT2D eigenvalue weighted by Gasteiger charge is -2.00. The number of carbonyl (C=O) groups is 2. The Hall–Kier alpha value is -2.25. The van der Waals surface area contributed by atoms with Gasteiger partial charge in [-0.25, -0.2) is 9.78 Å². The number of Topliss-reactive ketones (excluding diaryl/α,β-unsaturated/α-hetero) is 1. The molecule has 0 saturated carbocycles. The molecule has 3 aromatic rings. The third-order valence-corrected chi connectivity index (χ3v) is 4.86. The van der Waals surface area contributed by atoms with Crippen molar-refractivity contribution in [3.8, 4) is 11.5 Å². The molecule has 0 N–H and O–H groups in total. The van der Waals surface area contributed by atoms with E-state index in [1.807, 2.05) is 30.3 Å². The van der Waals surface area contributed by atoms with Crippen LogP contribution in [0.15, 0.2) is 50.7 Å². The summed E-state index contributed by atoms with van der Waals surface area (Å²) in [6.07, 6.45) is 0. The van der Waals surface area contributed by atoms with Crippen molar-refractivity contribution in [1.82, 2.24) is 4.98 Å². The molecule has 24 heavy (non-hydrogen) atoms. The Morgan fingerprint density at radius 1 is 1.21 bits per heavy atom. The van der Waals surface area contributed by atoms with E-state index in [-0.39, 0.29) is 18.1 Å². The minimum absolute atomic E-state index is 0.0778. The van der Waals surface area contributed by atoms with E-state index >= 15 is 0 Å². The maximum atomic E-state index is 12.1. The van der Waals surface area contributed by atoms with Gasteiger partial charge in [0, 0.05) is 5.56 Å². The van der Waals surface area contributed by atoms with Crippen LogP contribution in [0.2, 0.25) is 0 Å². The zero-order valence-electron chi connectivity index (χ0n) is 12.6. The minimum atomic E-state index is -0.678. The van der Waals surface area contributed by atoms with Gasteiger partial charge in [-0.15, -0.1) is 11.3 Å². The molecule has 0 bridgehead atoms. The van der Waals surface area contributed by atoms with Gasteiger partial charge in [-0.2, -0.15) is 0 Å². The lowest BCUT2D eigenvalue weighted by molar-refractivity contribution is 0.0469. The summed E-state index contributed by atoms with van der Waals surface area (Å²) in [6.45, 7) is 1.30. The Morgan fingerprint density at radius 3 is 2.62 bits per heavy atom. The molecule has 0 saturated heterocycles. The summed E-state index contributed by atoms with van der Waals surface area (Å²) < 4.78 is 11.4. The zero-order chi connectivity index (χ0) is 17.1. The second-order valence-electron chi connectivity index (χ2n) is 4.89. The Morgan fingerprint density at radius 2 is 1.96 bits per heavy atom.